The molecule has 1 atom stereocenters. The second-order valence-electron chi connectivity index (χ2n) is 5.24. The summed E-state index contributed by atoms with van der Waals surface area (Å²) in [7, 11) is 0. The first-order chi connectivity index (χ1) is 8.03. The molecule has 1 amide bonds. The molecule has 0 fully saturated rings. The van der Waals surface area contributed by atoms with E-state index in [1.54, 1.807) is 20.8 Å². The maximum Gasteiger partial charge on any atom is 0.408 e. The number of carboxylic acids is 1. The van der Waals surface area contributed by atoms with Gasteiger partial charge < -0.3 is 15.2 Å². The van der Waals surface area contributed by atoms with Crippen molar-refractivity contribution in [2.45, 2.75) is 46.3 Å². The Morgan fingerprint density at radius 2 is 1.83 bits per heavy atom. The fourth-order valence-corrected chi connectivity index (χ4v) is 1.36. The van der Waals surface area contributed by atoms with Crippen molar-refractivity contribution in [1.29, 1.82) is 0 Å². The second kappa shape index (κ2) is 6.78. The molecule has 0 saturated heterocycles. The number of alkyl carbamates (subject to hydrolysis) is 1. The smallest absolute Gasteiger partial charge is 0.408 e. The van der Waals surface area contributed by atoms with Gasteiger partial charge in [0.15, 0.2) is 0 Å². The molecule has 104 valence electrons. The molecular weight excluding hydrogens is 302 g/mol. The van der Waals surface area contributed by atoms with Gasteiger partial charge in [-0.2, -0.15) is 0 Å². The third-order valence-corrected chi connectivity index (χ3v) is 2.54. The summed E-state index contributed by atoms with van der Waals surface area (Å²) in [5.74, 6) is -1.03. The van der Waals surface area contributed by atoms with Crippen molar-refractivity contribution in [3.63, 3.8) is 0 Å². The monoisotopic (exact) mass is 321 g/mol. The van der Waals surface area contributed by atoms with Crippen molar-refractivity contribution in [3.8, 4) is 0 Å². The van der Waals surface area contributed by atoms with Crippen LogP contribution in [0.2, 0.25) is 0 Å². The van der Waals surface area contributed by atoms with Gasteiger partial charge in [0.05, 0.1) is 6.04 Å². The Kier molecular flexibility index (Phi) is 6.38. The standard InChI is InChI=1S/C12H20BrNO4/c1-7(2)9(6-8(13)10(15)16)14-11(17)18-12(3,4)5/h6-7,9H,1-5H3,(H,14,17)(H,15,16)/b8-6+. The minimum absolute atomic E-state index is 0.0114. The van der Waals surface area contributed by atoms with Crippen molar-refractivity contribution in [1.82, 2.24) is 5.32 Å². The van der Waals surface area contributed by atoms with E-state index >= 15 is 0 Å². The molecule has 0 spiro atoms. The highest BCUT2D eigenvalue weighted by Gasteiger charge is 2.21. The van der Waals surface area contributed by atoms with Gasteiger partial charge in [-0.1, -0.05) is 13.8 Å². The second-order valence-corrected chi connectivity index (χ2v) is 6.09. The highest BCUT2D eigenvalue weighted by Crippen LogP contribution is 2.13. The molecule has 6 heteroatoms. The van der Waals surface area contributed by atoms with Crippen LogP contribution in [0, 0.1) is 5.92 Å². The summed E-state index contributed by atoms with van der Waals surface area (Å²) < 4.78 is 5.13. The fraction of sp³-hybridized carbons (Fsp3) is 0.667. The molecule has 0 aromatic carbocycles. The van der Waals surface area contributed by atoms with Crippen molar-refractivity contribution >= 4 is 28.0 Å². The van der Waals surface area contributed by atoms with Crippen LogP contribution in [0.1, 0.15) is 34.6 Å². The summed E-state index contributed by atoms with van der Waals surface area (Å²) in [4.78, 5) is 22.3. The first-order valence-corrected chi connectivity index (χ1v) is 6.42. The topological polar surface area (TPSA) is 75.6 Å². The molecule has 2 N–H and O–H groups in total. The first-order valence-electron chi connectivity index (χ1n) is 5.63. The number of nitrogens with one attached hydrogen (secondary N) is 1. The van der Waals surface area contributed by atoms with E-state index in [0.29, 0.717) is 0 Å². The Hall–Kier alpha value is -1.04. The van der Waals surface area contributed by atoms with Gasteiger partial charge in [0, 0.05) is 0 Å². The van der Waals surface area contributed by atoms with Gasteiger partial charge in [-0.15, -0.1) is 0 Å². The number of rotatable bonds is 4. The van der Waals surface area contributed by atoms with E-state index in [4.69, 9.17) is 9.84 Å². The molecule has 0 aromatic rings. The number of aliphatic carboxylic acids is 1. The third kappa shape index (κ3) is 7.32. The van der Waals surface area contributed by atoms with Crippen LogP contribution in [0.5, 0.6) is 0 Å². The Bertz CT molecular complexity index is 344. The molecule has 18 heavy (non-hydrogen) atoms. The average molecular weight is 322 g/mol. The van der Waals surface area contributed by atoms with Gasteiger partial charge in [-0.05, 0) is 48.7 Å². The third-order valence-electron chi connectivity index (χ3n) is 1.93. The van der Waals surface area contributed by atoms with Gasteiger partial charge >= 0.3 is 12.1 Å². The zero-order valence-corrected chi connectivity index (χ0v) is 12.9. The summed E-state index contributed by atoms with van der Waals surface area (Å²) in [5, 5.41) is 11.4. The Balaban J connectivity index is 4.71. The lowest BCUT2D eigenvalue weighted by atomic mass is 10.0. The van der Waals surface area contributed by atoms with E-state index in [-0.39, 0.29) is 10.4 Å². The molecule has 0 heterocycles. The lowest BCUT2D eigenvalue weighted by Crippen LogP contribution is -2.41. The number of carbonyl (C=O) groups excluding carboxylic acids is 1. The lowest BCUT2D eigenvalue weighted by molar-refractivity contribution is -0.131. The van der Waals surface area contributed by atoms with E-state index in [1.165, 1.54) is 6.08 Å². The average Bonchev–Trinajstić information content (AvgIpc) is 2.12. The summed E-state index contributed by atoms with van der Waals surface area (Å²) in [5.41, 5.74) is -0.584. The zero-order valence-electron chi connectivity index (χ0n) is 11.3. The summed E-state index contributed by atoms with van der Waals surface area (Å²) in [6.07, 6.45) is 0.875. The molecule has 0 rings (SSSR count). The van der Waals surface area contributed by atoms with Crippen molar-refractivity contribution in [2.75, 3.05) is 0 Å². The molecular formula is C12H20BrNO4. The number of hydrogen-bond acceptors (Lipinski definition) is 3. The molecule has 0 saturated carbocycles. The molecule has 0 aliphatic carbocycles. The summed E-state index contributed by atoms with van der Waals surface area (Å²) in [6, 6.07) is -0.412. The van der Waals surface area contributed by atoms with Crippen LogP contribution in [-0.2, 0) is 9.53 Å². The normalized spacial score (nSPS) is 14.3. The van der Waals surface area contributed by atoms with Crippen LogP contribution >= 0.6 is 15.9 Å². The van der Waals surface area contributed by atoms with E-state index in [2.05, 4.69) is 21.2 Å². The lowest BCUT2D eigenvalue weighted by Gasteiger charge is -2.24. The number of amides is 1. The van der Waals surface area contributed by atoms with E-state index < -0.39 is 23.7 Å². The van der Waals surface area contributed by atoms with Crippen molar-refractivity contribution in [2.24, 2.45) is 5.92 Å². The maximum absolute atomic E-state index is 11.6. The highest BCUT2D eigenvalue weighted by atomic mass is 79.9. The van der Waals surface area contributed by atoms with Gasteiger partial charge in [0.25, 0.3) is 0 Å². The number of halogens is 1. The van der Waals surface area contributed by atoms with Crippen LogP contribution < -0.4 is 5.32 Å². The molecule has 5 nitrogen and oxygen atoms in total. The molecule has 0 bridgehead atoms. The quantitative estimate of drug-likeness (QED) is 0.780. The molecule has 0 aliphatic rings. The van der Waals surface area contributed by atoms with Crippen LogP contribution in [0.3, 0.4) is 0 Å². The van der Waals surface area contributed by atoms with Gasteiger partial charge in [-0.3, -0.25) is 0 Å². The van der Waals surface area contributed by atoms with Crippen LogP contribution in [0.4, 0.5) is 4.79 Å². The minimum atomic E-state index is -1.08. The zero-order chi connectivity index (χ0) is 14.5. The van der Waals surface area contributed by atoms with E-state index in [1.807, 2.05) is 13.8 Å². The minimum Gasteiger partial charge on any atom is -0.477 e. The number of ether oxygens (including phenoxy) is 1. The van der Waals surface area contributed by atoms with Crippen molar-refractivity contribution < 1.29 is 19.4 Å². The van der Waals surface area contributed by atoms with Crippen LogP contribution in [0.25, 0.3) is 0 Å². The highest BCUT2D eigenvalue weighted by molar-refractivity contribution is 9.12. The predicted molar refractivity (Wildman–Crippen MR) is 72.6 cm³/mol. The van der Waals surface area contributed by atoms with Gasteiger partial charge in [-0.25, -0.2) is 9.59 Å². The van der Waals surface area contributed by atoms with Crippen LogP contribution in [0.15, 0.2) is 10.6 Å². The molecule has 0 aromatic heterocycles. The van der Waals surface area contributed by atoms with Gasteiger partial charge in [0.2, 0.25) is 0 Å². The molecule has 0 radical (unpaired) electrons. The SMILES string of the molecule is CC(C)C(/C=C(/Br)C(=O)O)NC(=O)OC(C)(C)C. The Labute approximate surface area is 116 Å². The summed E-state index contributed by atoms with van der Waals surface area (Å²) in [6.45, 7) is 9.04. The van der Waals surface area contributed by atoms with Crippen LogP contribution in [-0.4, -0.2) is 28.8 Å². The van der Waals surface area contributed by atoms with Gasteiger partial charge in [0.1, 0.15) is 10.1 Å². The largest absolute Gasteiger partial charge is 0.477 e. The summed E-state index contributed by atoms with van der Waals surface area (Å²) >= 11 is 2.93. The van der Waals surface area contributed by atoms with E-state index in [0.717, 1.165) is 0 Å². The first kappa shape index (κ1) is 17.0. The number of carboxylic acid groups (broad SMARTS) is 1. The fourth-order valence-electron chi connectivity index (χ4n) is 1.07. The Morgan fingerprint density at radius 3 is 2.17 bits per heavy atom. The van der Waals surface area contributed by atoms with E-state index in [9.17, 15) is 9.59 Å². The molecule has 1 unspecified atom stereocenters. The Morgan fingerprint density at radius 1 is 1.33 bits per heavy atom. The number of carbonyl (C=O) groups is 2. The predicted octanol–water partition coefficient (Wildman–Crippen LogP) is 2.90. The number of hydrogen-bond donors (Lipinski definition) is 2. The maximum atomic E-state index is 11.6. The van der Waals surface area contributed by atoms with Crippen molar-refractivity contribution in [3.05, 3.63) is 10.6 Å². The molecule has 0 aliphatic heterocycles.